The van der Waals surface area contributed by atoms with E-state index in [2.05, 4.69) is 10.1 Å². The van der Waals surface area contributed by atoms with Crippen LogP contribution in [0.1, 0.15) is 19.3 Å². The standard InChI is InChI=1S/C12H11ClFN3/c13-9-2-1-8-3-15-17(10(8)16-9)7-11-4-12(14,5-11)6-11/h1-3H,4-7H2. The summed E-state index contributed by atoms with van der Waals surface area (Å²) in [7, 11) is 0. The predicted octanol–water partition coefficient (Wildman–Crippen LogP) is 2.98. The van der Waals surface area contributed by atoms with Gasteiger partial charge < -0.3 is 0 Å². The molecule has 3 aliphatic carbocycles. The first kappa shape index (κ1) is 9.83. The van der Waals surface area contributed by atoms with Gasteiger partial charge in [-0.3, -0.25) is 0 Å². The van der Waals surface area contributed by atoms with E-state index in [9.17, 15) is 4.39 Å². The fourth-order valence-corrected chi connectivity index (χ4v) is 3.54. The van der Waals surface area contributed by atoms with Gasteiger partial charge in [-0.05, 0) is 36.8 Å². The number of nitrogens with zero attached hydrogens (tertiary/aromatic N) is 3. The fourth-order valence-electron chi connectivity index (χ4n) is 3.39. The summed E-state index contributed by atoms with van der Waals surface area (Å²) in [6.07, 6.45) is 3.83. The summed E-state index contributed by atoms with van der Waals surface area (Å²) in [5.41, 5.74) is 0.0845. The van der Waals surface area contributed by atoms with Crippen LogP contribution in [0.15, 0.2) is 18.3 Å². The van der Waals surface area contributed by atoms with Crippen LogP contribution in [0.5, 0.6) is 0 Å². The number of alkyl halides is 1. The molecule has 0 radical (unpaired) electrons. The maximum atomic E-state index is 13.5. The van der Waals surface area contributed by atoms with Crippen LogP contribution >= 0.6 is 11.6 Å². The van der Waals surface area contributed by atoms with Crippen molar-refractivity contribution >= 4 is 22.6 Å². The summed E-state index contributed by atoms with van der Waals surface area (Å²) in [4.78, 5) is 4.28. The minimum atomic E-state index is -0.853. The number of pyridine rings is 1. The van der Waals surface area contributed by atoms with E-state index in [1.54, 1.807) is 12.3 Å². The van der Waals surface area contributed by atoms with Gasteiger partial charge in [0, 0.05) is 11.9 Å². The van der Waals surface area contributed by atoms with Gasteiger partial charge in [0.1, 0.15) is 10.8 Å². The normalized spacial score (nSPS) is 34.5. The summed E-state index contributed by atoms with van der Waals surface area (Å²) in [6.45, 7) is 0.759. The zero-order valence-electron chi connectivity index (χ0n) is 9.16. The maximum absolute atomic E-state index is 13.5. The topological polar surface area (TPSA) is 30.7 Å². The quantitative estimate of drug-likeness (QED) is 0.769. The molecular weight excluding hydrogens is 241 g/mol. The molecule has 0 spiro atoms. The highest BCUT2D eigenvalue weighted by Gasteiger charge is 2.69. The van der Waals surface area contributed by atoms with E-state index >= 15 is 0 Å². The summed E-state index contributed by atoms with van der Waals surface area (Å²) < 4.78 is 15.3. The SMILES string of the molecule is FC12CC(Cn3ncc4ccc(Cl)nc43)(C1)C2. The number of halogens is 2. The van der Waals surface area contributed by atoms with Crippen molar-refractivity contribution < 1.29 is 4.39 Å². The molecule has 17 heavy (non-hydrogen) atoms. The van der Waals surface area contributed by atoms with Gasteiger partial charge in [0.05, 0.1) is 6.20 Å². The molecule has 0 atom stereocenters. The molecule has 2 heterocycles. The Hall–Kier alpha value is -1.16. The Morgan fingerprint density at radius 3 is 2.82 bits per heavy atom. The third-order valence-electron chi connectivity index (χ3n) is 4.01. The van der Waals surface area contributed by atoms with Crippen molar-refractivity contribution in [1.29, 1.82) is 0 Å². The largest absolute Gasteiger partial charge is 0.247 e. The van der Waals surface area contributed by atoms with Crippen LogP contribution in [0.25, 0.3) is 11.0 Å². The molecule has 3 nitrogen and oxygen atoms in total. The van der Waals surface area contributed by atoms with Crippen molar-refractivity contribution in [2.75, 3.05) is 0 Å². The number of fused-ring (bicyclic) bond motifs is 1. The monoisotopic (exact) mass is 251 g/mol. The second-order valence-corrected chi connectivity index (χ2v) is 5.92. The highest BCUT2D eigenvalue weighted by Crippen LogP contribution is 2.70. The minimum Gasteiger partial charge on any atom is -0.247 e. The Balaban J connectivity index is 1.70. The molecule has 2 bridgehead atoms. The first-order valence-corrected chi connectivity index (χ1v) is 6.13. The fraction of sp³-hybridized carbons (Fsp3) is 0.500. The molecule has 0 aliphatic heterocycles. The van der Waals surface area contributed by atoms with Crippen LogP contribution < -0.4 is 0 Å². The van der Waals surface area contributed by atoms with E-state index in [-0.39, 0.29) is 5.41 Å². The van der Waals surface area contributed by atoms with Crippen molar-refractivity contribution in [3.63, 3.8) is 0 Å². The molecule has 0 saturated heterocycles. The molecule has 2 aromatic rings. The highest BCUT2D eigenvalue weighted by atomic mass is 35.5. The van der Waals surface area contributed by atoms with Crippen molar-refractivity contribution in [3.05, 3.63) is 23.5 Å². The third kappa shape index (κ3) is 1.27. The third-order valence-corrected chi connectivity index (χ3v) is 4.22. The Morgan fingerprint density at radius 2 is 2.12 bits per heavy atom. The number of hydrogen-bond acceptors (Lipinski definition) is 2. The van der Waals surface area contributed by atoms with E-state index in [0.29, 0.717) is 24.4 Å². The first-order valence-electron chi connectivity index (χ1n) is 5.75. The average molecular weight is 252 g/mol. The highest BCUT2D eigenvalue weighted by molar-refractivity contribution is 6.29. The molecule has 2 aromatic heterocycles. The zero-order valence-corrected chi connectivity index (χ0v) is 9.91. The van der Waals surface area contributed by atoms with Gasteiger partial charge in [-0.2, -0.15) is 5.10 Å². The van der Waals surface area contributed by atoms with Gasteiger partial charge in [-0.1, -0.05) is 11.6 Å². The van der Waals surface area contributed by atoms with Crippen LogP contribution in [0.3, 0.4) is 0 Å². The van der Waals surface area contributed by atoms with E-state index < -0.39 is 5.67 Å². The van der Waals surface area contributed by atoms with Crippen LogP contribution in [0, 0.1) is 5.41 Å². The van der Waals surface area contributed by atoms with E-state index in [1.807, 2.05) is 10.7 Å². The van der Waals surface area contributed by atoms with Crippen molar-refractivity contribution in [2.24, 2.45) is 5.41 Å². The lowest BCUT2D eigenvalue weighted by Crippen LogP contribution is -2.65. The lowest BCUT2D eigenvalue weighted by molar-refractivity contribution is -0.220. The molecule has 88 valence electrons. The van der Waals surface area contributed by atoms with Gasteiger partial charge in [0.15, 0.2) is 5.65 Å². The molecule has 0 amide bonds. The Labute approximate surface area is 103 Å². The van der Waals surface area contributed by atoms with Crippen LogP contribution in [0.2, 0.25) is 5.15 Å². The van der Waals surface area contributed by atoms with Crippen LogP contribution in [0.4, 0.5) is 4.39 Å². The van der Waals surface area contributed by atoms with Crippen molar-refractivity contribution in [1.82, 2.24) is 14.8 Å². The van der Waals surface area contributed by atoms with E-state index in [1.165, 1.54) is 0 Å². The van der Waals surface area contributed by atoms with Gasteiger partial charge in [-0.15, -0.1) is 0 Å². The number of hydrogen-bond donors (Lipinski definition) is 0. The molecule has 0 unspecified atom stereocenters. The van der Waals surface area contributed by atoms with Crippen molar-refractivity contribution in [2.45, 2.75) is 31.5 Å². The number of rotatable bonds is 2. The smallest absolute Gasteiger partial charge is 0.159 e. The summed E-state index contributed by atoms with van der Waals surface area (Å²) in [5, 5.41) is 5.78. The lowest BCUT2D eigenvalue weighted by Gasteiger charge is -2.65. The van der Waals surface area contributed by atoms with Crippen LogP contribution in [-0.2, 0) is 6.54 Å². The Kier molecular flexibility index (Phi) is 1.62. The molecule has 3 fully saturated rings. The molecule has 0 aromatic carbocycles. The molecule has 5 heteroatoms. The molecular formula is C12H11ClFN3. The summed E-state index contributed by atoms with van der Waals surface area (Å²) in [6, 6.07) is 3.67. The van der Waals surface area contributed by atoms with Gasteiger partial charge >= 0.3 is 0 Å². The molecule has 3 aliphatic rings. The van der Waals surface area contributed by atoms with Gasteiger partial charge in [0.25, 0.3) is 0 Å². The molecule has 3 saturated carbocycles. The maximum Gasteiger partial charge on any atom is 0.159 e. The lowest BCUT2D eigenvalue weighted by atomic mass is 9.42. The second-order valence-electron chi connectivity index (χ2n) is 5.53. The van der Waals surface area contributed by atoms with E-state index in [0.717, 1.165) is 17.6 Å². The molecule has 5 rings (SSSR count). The van der Waals surface area contributed by atoms with Crippen LogP contribution in [-0.4, -0.2) is 20.4 Å². The Morgan fingerprint density at radius 1 is 1.35 bits per heavy atom. The Bertz CT molecular complexity index is 601. The van der Waals surface area contributed by atoms with E-state index in [4.69, 9.17) is 11.6 Å². The average Bonchev–Trinajstić information content (AvgIpc) is 2.57. The second kappa shape index (κ2) is 2.80. The van der Waals surface area contributed by atoms with Crippen molar-refractivity contribution in [3.8, 4) is 0 Å². The van der Waals surface area contributed by atoms with Gasteiger partial charge in [0.2, 0.25) is 0 Å². The first-order chi connectivity index (χ1) is 8.08. The van der Waals surface area contributed by atoms with Gasteiger partial charge in [-0.25, -0.2) is 14.1 Å². The zero-order chi connectivity index (χ0) is 11.7. The predicted molar refractivity (Wildman–Crippen MR) is 62.7 cm³/mol. The number of aromatic nitrogens is 3. The minimum absolute atomic E-state index is 0.137. The molecule has 0 N–H and O–H groups in total. The summed E-state index contributed by atoms with van der Waals surface area (Å²) in [5.74, 6) is 0. The summed E-state index contributed by atoms with van der Waals surface area (Å²) >= 11 is 5.89.